The fourth-order valence-corrected chi connectivity index (χ4v) is 3.31. The van der Waals surface area contributed by atoms with Crippen LogP contribution in [0.5, 0.6) is 0 Å². The van der Waals surface area contributed by atoms with Crippen LogP contribution in [0.25, 0.3) is 0 Å². The molecule has 1 unspecified atom stereocenters. The van der Waals surface area contributed by atoms with Crippen molar-refractivity contribution in [3.05, 3.63) is 70.8 Å². The number of carbonyl (C=O) groups excluding carboxylic acids is 2. The van der Waals surface area contributed by atoms with E-state index in [0.717, 1.165) is 19.3 Å². The fraction of sp³-hybridized carbons (Fsp3) is 0.333. The van der Waals surface area contributed by atoms with Crippen LogP contribution in [0, 0.1) is 6.92 Å². The SMILES string of the molecule is COC(CCCN1C(=O)c2ccccc2C1=O)Cc1ccccc1C. The smallest absolute Gasteiger partial charge is 0.261 e. The van der Waals surface area contributed by atoms with Crippen LogP contribution in [-0.2, 0) is 11.2 Å². The van der Waals surface area contributed by atoms with Gasteiger partial charge in [-0.2, -0.15) is 0 Å². The Labute approximate surface area is 148 Å². The number of nitrogens with zero attached hydrogens (tertiary/aromatic N) is 1. The van der Waals surface area contributed by atoms with Crippen molar-refractivity contribution in [2.45, 2.75) is 32.3 Å². The summed E-state index contributed by atoms with van der Waals surface area (Å²) in [6.07, 6.45) is 2.45. The molecule has 1 aliphatic heterocycles. The highest BCUT2D eigenvalue weighted by atomic mass is 16.5. The summed E-state index contributed by atoms with van der Waals surface area (Å²) in [6.45, 7) is 2.53. The summed E-state index contributed by atoms with van der Waals surface area (Å²) in [6, 6.07) is 15.3. The van der Waals surface area contributed by atoms with E-state index in [9.17, 15) is 9.59 Å². The number of benzene rings is 2. The average Bonchev–Trinajstić information content (AvgIpc) is 2.87. The number of rotatable bonds is 7. The molecule has 4 heteroatoms. The Morgan fingerprint density at radius 3 is 2.16 bits per heavy atom. The number of ether oxygens (including phenoxy) is 1. The van der Waals surface area contributed by atoms with Crippen LogP contribution >= 0.6 is 0 Å². The molecule has 0 saturated heterocycles. The lowest BCUT2D eigenvalue weighted by Crippen LogP contribution is -2.31. The number of aryl methyl sites for hydroxylation is 1. The van der Waals surface area contributed by atoms with Crippen LogP contribution in [0.4, 0.5) is 0 Å². The molecule has 0 fully saturated rings. The minimum atomic E-state index is -0.187. The first-order chi connectivity index (χ1) is 12.1. The Morgan fingerprint density at radius 1 is 0.960 bits per heavy atom. The maximum atomic E-state index is 12.4. The number of imide groups is 1. The standard InChI is InChI=1S/C21H23NO3/c1-15-8-3-4-9-16(15)14-17(25-2)10-7-13-22-20(23)18-11-5-6-12-19(18)21(22)24/h3-6,8-9,11-12,17H,7,10,13-14H2,1-2H3. The highest BCUT2D eigenvalue weighted by molar-refractivity contribution is 6.21. The van der Waals surface area contributed by atoms with Gasteiger partial charge in [0, 0.05) is 13.7 Å². The van der Waals surface area contributed by atoms with Crippen molar-refractivity contribution in [3.8, 4) is 0 Å². The largest absolute Gasteiger partial charge is 0.381 e. The van der Waals surface area contributed by atoms with Crippen molar-refractivity contribution in [2.24, 2.45) is 0 Å². The van der Waals surface area contributed by atoms with Crippen molar-refractivity contribution in [3.63, 3.8) is 0 Å². The molecular formula is C21H23NO3. The molecule has 1 heterocycles. The molecular weight excluding hydrogens is 314 g/mol. The zero-order valence-electron chi connectivity index (χ0n) is 14.7. The number of amides is 2. The van der Waals surface area contributed by atoms with Crippen LogP contribution in [0.2, 0.25) is 0 Å². The first-order valence-electron chi connectivity index (χ1n) is 8.64. The Bertz CT molecular complexity index is 749. The van der Waals surface area contributed by atoms with Crippen molar-refractivity contribution < 1.29 is 14.3 Å². The number of hydrogen-bond acceptors (Lipinski definition) is 3. The molecule has 0 saturated carbocycles. The van der Waals surface area contributed by atoms with E-state index in [2.05, 4.69) is 19.1 Å². The van der Waals surface area contributed by atoms with Crippen molar-refractivity contribution in [1.82, 2.24) is 4.90 Å². The normalized spacial score (nSPS) is 14.7. The van der Waals surface area contributed by atoms with Crippen LogP contribution in [0.3, 0.4) is 0 Å². The van der Waals surface area contributed by atoms with Crippen molar-refractivity contribution >= 4 is 11.8 Å². The predicted molar refractivity (Wildman–Crippen MR) is 96.7 cm³/mol. The predicted octanol–water partition coefficient (Wildman–Crippen LogP) is 3.63. The van der Waals surface area contributed by atoms with Crippen LogP contribution < -0.4 is 0 Å². The summed E-state index contributed by atoms with van der Waals surface area (Å²) in [7, 11) is 1.71. The van der Waals surface area contributed by atoms with Gasteiger partial charge in [-0.05, 0) is 49.4 Å². The van der Waals surface area contributed by atoms with Gasteiger partial charge in [0.15, 0.2) is 0 Å². The highest BCUT2D eigenvalue weighted by Crippen LogP contribution is 2.23. The highest BCUT2D eigenvalue weighted by Gasteiger charge is 2.34. The van der Waals surface area contributed by atoms with Crippen LogP contribution in [-0.4, -0.2) is 36.5 Å². The molecule has 0 aliphatic carbocycles. The maximum absolute atomic E-state index is 12.4. The molecule has 130 valence electrons. The average molecular weight is 337 g/mol. The zero-order valence-corrected chi connectivity index (χ0v) is 14.7. The van der Waals surface area contributed by atoms with Crippen LogP contribution in [0.15, 0.2) is 48.5 Å². The van der Waals surface area contributed by atoms with E-state index in [4.69, 9.17) is 4.74 Å². The molecule has 1 aliphatic rings. The summed E-state index contributed by atoms with van der Waals surface area (Å²) >= 11 is 0. The van der Waals surface area contributed by atoms with E-state index in [1.165, 1.54) is 16.0 Å². The van der Waals surface area contributed by atoms with Gasteiger partial charge in [0.05, 0.1) is 17.2 Å². The van der Waals surface area contributed by atoms with E-state index in [0.29, 0.717) is 17.7 Å². The third-order valence-corrected chi connectivity index (χ3v) is 4.83. The van der Waals surface area contributed by atoms with E-state index < -0.39 is 0 Å². The van der Waals surface area contributed by atoms with Gasteiger partial charge in [-0.3, -0.25) is 14.5 Å². The van der Waals surface area contributed by atoms with E-state index in [-0.39, 0.29) is 17.9 Å². The van der Waals surface area contributed by atoms with Gasteiger partial charge < -0.3 is 4.74 Å². The van der Waals surface area contributed by atoms with Gasteiger partial charge >= 0.3 is 0 Å². The lowest BCUT2D eigenvalue weighted by molar-refractivity contribution is 0.0622. The Balaban J connectivity index is 1.56. The lowest BCUT2D eigenvalue weighted by atomic mass is 10.00. The van der Waals surface area contributed by atoms with Gasteiger partial charge in [-0.25, -0.2) is 0 Å². The molecule has 2 aromatic rings. The number of methoxy groups -OCH3 is 1. The Hall–Kier alpha value is -2.46. The number of carbonyl (C=O) groups is 2. The number of fused-ring (bicyclic) bond motifs is 1. The molecule has 25 heavy (non-hydrogen) atoms. The second-order valence-electron chi connectivity index (χ2n) is 6.44. The second kappa shape index (κ2) is 7.62. The van der Waals surface area contributed by atoms with Crippen molar-refractivity contribution in [2.75, 3.05) is 13.7 Å². The van der Waals surface area contributed by atoms with Gasteiger partial charge in [0.1, 0.15) is 0 Å². The second-order valence-corrected chi connectivity index (χ2v) is 6.44. The molecule has 0 N–H and O–H groups in total. The molecule has 3 rings (SSSR count). The first-order valence-corrected chi connectivity index (χ1v) is 8.64. The van der Waals surface area contributed by atoms with Gasteiger partial charge in [-0.1, -0.05) is 36.4 Å². The van der Waals surface area contributed by atoms with E-state index >= 15 is 0 Å². The van der Waals surface area contributed by atoms with Crippen LogP contribution in [0.1, 0.15) is 44.7 Å². The Kier molecular flexibility index (Phi) is 5.29. The summed E-state index contributed by atoms with van der Waals surface area (Å²) in [5.74, 6) is -0.373. The molecule has 4 nitrogen and oxygen atoms in total. The quantitative estimate of drug-likeness (QED) is 0.725. The zero-order chi connectivity index (χ0) is 17.8. The lowest BCUT2D eigenvalue weighted by Gasteiger charge is -2.19. The van der Waals surface area contributed by atoms with Gasteiger partial charge in [0.2, 0.25) is 0 Å². The maximum Gasteiger partial charge on any atom is 0.261 e. The minimum absolute atomic E-state index is 0.0799. The molecule has 0 aromatic heterocycles. The minimum Gasteiger partial charge on any atom is -0.381 e. The summed E-state index contributed by atoms with van der Waals surface area (Å²) in [5.41, 5.74) is 3.55. The number of hydrogen-bond donors (Lipinski definition) is 0. The van der Waals surface area contributed by atoms with E-state index in [1.54, 1.807) is 31.4 Å². The third kappa shape index (κ3) is 3.64. The summed E-state index contributed by atoms with van der Waals surface area (Å²) in [5, 5.41) is 0. The molecule has 0 spiro atoms. The molecule has 2 amide bonds. The molecule has 2 aromatic carbocycles. The summed E-state index contributed by atoms with van der Waals surface area (Å²) < 4.78 is 5.60. The first kappa shape index (κ1) is 17.4. The Morgan fingerprint density at radius 2 is 1.56 bits per heavy atom. The van der Waals surface area contributed by atoms with Gasteiger partial charge in [-0.15, -0.1) is 0 Å². The monoisotopic (exact) mass is 337 g/mol. The molecule has 0 bridgehead atoms. The fourth-order valence-electron chi connectivity index (χ4n) is 3.31. The molecule has 1 atom stereocenters. The molecule has 0 radical (unpaired) electrons. The van der Waals surface area contributed by atoms with E-state index in [1.807, 2.05) is 12.1 Å². The van der Waals surface area contributed by atoms with Gasteiger partial charge in [0.25, 0.3) is 11.8 Å². The van der Waals surface area contributed by atoms with Crippen molar-refractivity contribution in [1.29, 1.82) is 0 Å². The third-order valence-electron chi connectivity index (χ3n) is 4.83. The topological polar surface area (TPSA) is 46.6 Å². The summed E-state index contributed by atoms with van der Waals surface area (Å²) in [4.78, 5) is 26.1.